The lowest BCUT2D eigenvalue weighted by molar-refractivity contribution is 0.411. The Morgan fingerprint density at radius 2 is 2.14 bits per heavy atom. The average Bonchev–Trinajstić information content (AvgIpc) is 2.68. The maximum Gasteiger partial charge on any atom is 0.106 e. The third-order valence-corrected chi connectivity index (χ3v) is 3.18. The molecule has 1 unspecified atom stereocenters. The van der Waals surface area contributed by atoms with Gasteiger partial charge in [0.05, 0.1) is 6.07 Å². The quantitative estimate of drug-likeness (QED) is 0.690. The maximum absolute atomic E-state index is 8.66. The Morgan fingerprint density at radius 3 is 2.86 bits per heavy atom. The number of benzene rings is 1. The summed E-state index contributed by atoms with van der Waals surface area (Å²) in [6.45, 7) is 0.447. The first-order chi connectivity index (χ1) is 6.92. The zero-order valence-corrected chi connectivity index (χ0v) is 8.45. The molecule has 70 valence electrons. The van der Waals surface area contributed by atoms with E-state index in [1.54, 1.807) is 11.8 Å². The van der Waals surface area contributed by atoms with Gasteiger partial charge in [-0.3, -0.25) is 0 Å². The summed E-state index contributed by atoms with van der Waals surface area (Å²) in [7, 11) is 0. The number of hydrogen-bond acceptors (Lipinski definition) is 3. The van der Waals surface area contributed by atoms with E-state index in [-0.39, 0.29) is 5.37 Å². The van der Waals surface area contributed by atoms with E-state index in [2.05, 4.69) is 18.2 Å². The Balaban J connectivity index is 2.17. The molecule has 0 fully saturated rings. The zero-order valence-electron chi connectivity index (χ0n) is 7.63. The van der Waals surface area contributed by atoms with E-state index >= 15 is 0 Å². The van der Waals surface area contributed by atoms with Crippen LogP contribution in [0.15, 0.2) is 41.9 Å². The molecular weight excluding hydrogens is 192 g/mol. The fourth-order valence-electron chi connectivity index (χ4n) is 1.45. The third-order valence-electron chi connectivity index (χ3n) is 2.10. The molecule has 3 heteroatoms. The third kappa shape index (κ3) is 1.75. The van der Waals surface area contributed by atoms with Crippen LogP contribution in [-0.4, -0.2) is 11.4 Å². The van der Waals surface area contributed by atoms with Crippen molar-refractivity contribution < 1.29 is 0 Å². The first-order valence-corrected chi connectivity index (χ1v) is 5.36. The summed E-state index contributed by atoms with van der Waals surface area (Å²) in [5.74, 6) is 0. The number of nitrogens with zero attached hydrogens (tertiary/aromatic N) is 2. The molecule has 0 spiro atoms. The van der Waals surface area contributed by atoms with Gasteiger partial charge in [-0.1, -0.05) is 30.3 Å². The van der Waals surface area contributed by atoms with Crippen LogP contribution in [0.5, 0.6) is 0 Å². The van der Waals surface area contributed by atoms with E-state index in [0.717, 1.165) is 0 Å². The normalized spacial score (nSPS) is 19.6. The number of thioether (sulfide) groups is 1. The summed E-state index contributed by atoms with van der Waals surface area (Å²) in [6.07, 6.45) is 1.98. The van der Waals surface area contributed by atoms with Gasteiger partial charge in [-0.2, -0.15) is 5.26 Å². The highest BCUT2D eigenvalue weighted by molar-refractivity contribution is 8.02. The second kappa shape index (κ2) is 4.21. The molecule has 2 rings (SSSR count). The minimum atomic E-state index is 0.274. The minimum absolute atomic E-state index is 0.274. The monoisotopic (exact) mass is 202 g/mol. The van der Waals surface area contributed by atoms with E-state index < -0.39 is 0 Å². The van der Waals surface area contributed by atoms with Gasteiger partial charge in [0.1, 0.15) is 11.9 Å². The van der Waals surface area contributed by atoms with E-state index in [4.69, 9.17) is 5.26 Å². The van der Waals surface area contributed by atoms with Crippen LogP contribution < -0.4 is 0 Å². The van der Waals surface area contributed by atoms with Crippen LogP contribution in [0.1, 0.15) is 10.9 Å². The van der Waals surface area contributed by atoms with E-state index in [0.29, 0.717) is 6.54 Å². The molecular formula is C11H10N2S. The summed E-state index contributed by atoms with van der Waals surface area (Å²) in [6, 6.07) is 12.4. The summed E-state index contributed by atoms with van der Waals surface area (Å²) in [4.78, 5) is 2.04. The van der Waals surface area contributed by atoms with Gasteiger partial charge < -0.3 is 4.90 Å². The van der Waals surface area contributed by atoms with Crippen molar-refractivity contribution in [1.29, 1.82) is 5.26 Å². The Hall–Kier alpha value is -1.40. The van der Waals surface area contributed by atoms with Crippen molar-refractivity contribution in [3.63, 3.8) is 0 Å². The predicted molar refractivity (Wildman–Crippen MR) is 58.2 cm³/mol. The van der Waals surface area contributed by atoms with Gasteiger partial charge in [0, 0.05) is 6.20 Å². The Labute approximate surface area is 87.8 Å². The Kier molecular flexibility index (Phi) is 2.76. The molecule has 1 aromatic carbocycles. The van der Waals surface area contributed by atoms with Crippen molar-refractivity contribution in [3.05, 3.63) is 47.5 Å². The van der Waals surface area contributed by atoms with E-state index in [1.807, 2.05) is 34.7 Å². The molecule has 2 nitrogen and oxygen atoms in total. The summed E-state index contributed by atoms with van der Waals surface area (Å²) in [5, 5.41) is 11.0. The molecule has 0 aromatic heterocycles. The second-order valence-electron chi connectivity index (χ2n) is 3.01. The highest BCUT2D eigenvalue weighted by Crippen LogP contribution is 2.37. The number of hydrogen-bond donors (Lipinski definition) is 0. The van der Waals surface area contributed by atoms with Gasteiger partial charge in [-0.15, -0.1) is 11.8 Å². The first-order valence-electron chi connectivity index (χ1n) is 4.41. The molecule has 1 heterocycles. The fourth-order valence-corrected chi connectivity index (χ4v) is 2.44. The fraction of sp³-hybridized carbons (Fsp3) is 0.182. The van der Waals surface area contributed by atoms with Crippen LogP contribution in [0.4, 0.5) is 0 Å². The maximum atomic E-state index is 8.66. The molecule has 0 bridgehead atoms. The van der Waals surface area contributed by atoms with Crippen molar-refractivity contribution in [3.8, 4) is 6.07 Å². The zero-order chi connectivity index (χ0) is 9.80. The Morgan fingerprint density at radius 1 is 1.36 bits per heavy atom. The molecule has 0 N–H and O–H groups in total. The van der Waals surface area contributed by atoms with Crippen LogP contribution >= 0.6 is 11.8 Å². The van der Waals surface area contributed by atoms with Crippen LogP contribution in [0.3, 0.4) is 0 Å². The molecule has 0 amide bonds. The van der Waals surface area contributed by atoms with Crippen LogP contribution in [0.25, 0.3) is 0 Å². The van der Waals surface area contributed by atoms with E-state index in [9.17, 15) is 0 Å². The second-order valence-corrected chi connectivity index (χ2v) is 4.01. The van der Waals surface area contributed by atoms with E-state index in [1.165, 1.54) is 5.56 Å². The van der Waals surface area contributed by atoms with Crippen LogP contribution in [0.2, 0.25) is 0 Å². The predicted octanol–water partition coefficient (Wildman–Crippen LogP) is 2.73. The molecule has 0 saturated heterocycles. The molecule has 14 heavy (non-hydrogen) atoms. The Bertz CT molecular complexity index is 367. The number of rotatable bonds is 2. The average molecular weight is 202 g/mol. The molecule has 1 atom stereocenters. The van der Waals surface area contributed by atoms with Crippen LogP contribution in [-0.2, 0) is 0 Å². The first kappa shape index (κ1) is 9.17. The van der Waals surface area contributed by atoms with Gasteiger partial charge in [0.25, 0.3) is 0 Å². The van der Waals surface area contributed by atoms with Crippen molar-refractivity contribution in [2.45, 2.75) is 5.37 Å². The number of nitriles is 1. The highest BCUT2D eigenvalue weighted by Gasteiger charge is 2.20. The summed E-state index contributed by atoms with van der Waals surface area (Å²) < 4.78 is 0. The lowest BCUT2D eigenvalue weighted by Gasteiger charge is -2.21. The van der Waals surface area contributed by atoms with Gasteiger partial charge in [-0.25, -0.2) is 0 Å². The van der Waals surface area contributed by atoms with Crippen LogP contribution in [0, 0.1) is 11.3 Å². The van der Waals surface area contributed by atoms with Gasteiger partial charge >= 0.3 is 0 Å². The van der Waals surface area contributed by atoms with Crippen molar-refractivity contribution >= 4 is 11.8 Å². The summed E-state index contributed by atoms with van der Waals surface area (Å²) >= 11 is 1.74. The topological polar surface area (TPSA) is 27.0 Å². The molecule has 0 saturated carbocycles. The SMILES string of the molecule is N#CCN1C=CSC1c1ccccc1. The minimum Gasteiger partial charge on any atom is -0.348 e. The molecule has 1 aliphatic heterocycles. The lowest BCUT2D eigenvalue weighted by atomic mass is 10.2. The standard InChI is InChI=1S/C11H10N2S/c12-6-7-13-8-9-14-11(13)10-4-2-1-3-5-10/h1-5,8-9,11H,7H2. The van der Waals surface area contributed by atoms with Gasteiger partial charge in [-0.05, 0) is 11.0 Å². The smallest absolute Gasteiger partial charge is 0.106 e. The van der Waals surface area contributed by atoms with Gasteiger partial charge in [0.2, 0.25) is 0 Å². The molecule has 0 aliphatic carbocycles. The molecule has 0 radical (unpaired) electrons. The highest BCUT2D eigenvalue weighted by atomic mass is 32.2. The van der Waals surface area contributed by atoms with Crippen molar-refractivity contribution in [1.82, 2.24) is 4.90 Å². The van der Waals surface area contributed by atoms with Gasteiger partial charge in [0.15, 0.2) is 0 Å². The molecule has 1 aromatic rings. The summed E-state index contributed by atoms with van der Waals surface area (Å²) in [5.41, 5.74) is 1.25. The van der Waals surface area contributed by atoms with Crippen molar-refractivity contribution in [2.75, 3.05) is 6.54 Å². The van der Waals surface area contributed by atoms with Crippen molar-refractivity contribution in [2.24, 2.45) is 0 Å². The largest absolute Gasteiger partial charge is 0.348 e. The lowest BCUT2D eigenvalue weighted by Crippen LogP contribution is -2.18. The molecule has 1 aliphatic rings.